The number of hydrogen-bond acceptors (Lipinski definition) is 6. The molecule has 1 aromatic heterocycles. The van der Waals surface area contributed by atoms with Crippen LogP contribution in [0.1, 0.15) is 5.56 Å². The maximum atomic E-state index is 11.1. The molecule has 156 valence electrons. The summed E-state index contributed by atoms with van der Waals surface area (Å²) in [6, 6.07) is 16.4. The van der Waals surface area contributed by atoms with E-state index < -0.39 is 5.97 Å². The number of aliphatic carboxylic acids is 1. The minimum Gasteiger partial charge on any atom is -0.491 e. The standard InChI is InChI=1S/C23H23NO6/c1-27-8-9-29-20-10-16(12-23(25)26)11-21(14-20)30-19-5-3-4-17(13-19)18-6-7-22(28-2)24-15-18/h3-7,10-11,13-15H,8-9,12H2,1-2H3,(H,25,26). The maximum Gasteiger partial charge on any atom is 0.307 e. The fraction of sp³-hybridized carbons (Fsp3) is 0.217. The molecule has 3 aromatic rings. The van der Waals surface area contributed by atoms with E-state index in [-0.39, 0.29) is 6.42 Å². The van der Waals surface area contributed by atoms with Gasteiger partial charge in [-0.3, -0.25) is 4.79 Å². The van der Waals surface area contributed by atoms with E-state index in [0.717, 1.165) is 11.1 Å². The number of carboxylic acid groups (broad SMARTS) is 1. The Balaban J connectivity index is 1.83. The van der Waals surface area contributed by atoms with Crippen molar-refractivity contribution in [1.29, 1.82) is 0 Å². The molecule has 0 aliphatic carbocycles. The van der Waals surface area contributed by atoms with E-state index in [2.05, 4.69) is 4.98 Å². The maximum absolute atomic E-state index is 11.1. The zero-order valence-corrected chi connectivity index (χ0v) is 16.8. The molecule has 3 rings (SSSR count). The Morgan fingerprint density at radius 1 is 0.933 bits per heavy atom. The van der Waals surface area contributed by atoms with Gasteiger partial charge in [-0.05, 0) is 41.5 Å². The van der Waals surface area contributed by atoms with E-state index in [1.165, 1.54) is 0 Å². The molecular weight excluding hydrogens is 386 g/mol. The summed E-state index contributed by atoms with van der Waals surface area (Å²) >= 11 is 0. The average Bonchev–Trinajstić information content (AvgIpc) is 2.73. The van der Waals surface area contributed by atoms with E-state index in [4.69, 9.17) is 24.1 Å². The number of pyridine rings is 1. The summed E-state index contributed by atoms with van der Waals surface area (Å²) in [7, 11) is 3.16. The van der Waals surface area contributed by atoms with Crippen LogP contribution in [0.2, 0.25) is 0 Å². The molecule has 30 heavy (non-hydrogen) atoms. The Kier molecular flexibility index (Phi) is 7.24. The lowest BCUT2D eigenvalue weighted by Crippen LogP contribution is -2.06. The number of benzene rings is 2. The van der Waals surface area contributed by atoms with Gasteiger partial charge < -0.3 is 24.1 Å². The van der Waals surface area contributed by atoms with E-state index in [1.54, 1.807) is 44.7 Å². The van der Waals surface area contributed by atoms with E-state index in [9.17, 15) is 4.79 Å². The van der Waals surface area contributed by atoms with Crippen molar-refractivity contribution in [3.05, 3.63) is 66.4 Å². The third kappa shape index (κ3) is 5.96. The monoisotopic (exact) mass is 409 g/mol. The van der Waals surface area contributed by atoms with Crippen molar-refractivity contribution in [1.82, 2.24) is 4.98 Å². The normalized spacial score (nSPS) is 10.5. The Labute approximate surface area is 174 Å². The summed E-state index contributed by atoms with van der Waals surface area (Å²) < 4.78 is 21.7. The highest BCUT2D eigenvalue weighted by Gasteiger charge is 2.09. The van der Waals surface area contributed by atoms with Crippen LogP contribution in [0.5, 0.6) is 23.1 Å². The number of carboxylic acids is 1. The molecular formula is C23H23NO6. The topological polar surface area (TPSA) is 87.1 Å². The van der Waals surface area contributed by atoms with Gasteiger partial charge in [0, 0.05) is 31.0 Å². The molecule has 0 saturated heterocycles. The van der Waals surface area contributed by atoms with Crippen LogP contribution in [-0.2, 0) is 16.0 Å². The summed E-state index contributed by atoms with van der Waals surface area (Å²) in [5.74, 6) is 1.24. The molecule has 0 aliphatic rings. The van der Waals surface area contributed by atoms with Crippen molar-refractivity contribution < 1.29 is 28.8 Å². The number of rotatable bonds is 10. The number of carbonyl (C=O) groups is 1. The largest absolute Gasteiger partial charge is 0.491 e. The summed E-state index contributed by atoms with van der Waals surface area (Å²) in [5.41, 5.74) is 2.44. The van der Waals surface area contributed by atoms with Crippen molar-refractivity contribution in [2.75, 3.05) is 27.4 Å². The van der Waals surface area contributed by atoms with Crippen LogP contribution >= 0.6 is 0 Å². The van der Waals surface area contributed by atoms with Gasteiger partial charge in [0.1, 0.15) is 23.9 Å². The molecule has 0 unspecified atom stereocenters. The highest BCUT2D eigenvalue weighted by atomic mass is 16.5. The minimum absolute atomic E-state index is 0.130. The second-order valence-corrected chi connectivity index (χ2v) is 6.44. The zero-order chi connectivity index (χ0) is 21.3. The van der Waals surface area contributed by atoms with Crippen LogP contribution < -0.4 is 14.2 Å². The van der Waals surface area contributed by atoms with Crippen molar-refractivity contribution in [2.24, 2.45) is 0 Å². The van der Waals surface area contributed by atoms with Crippen LogP contribution in [-0.4, -0.2) is 43.5 Å². The molecule has 0 fully saturated rings. The van der Waals surface area contributed by atoms with Gasteiger partial charge in [0.05, 0.1) is 20.1 Å². The van der Waals surface area contributed by atoms with Crippen LogP contribution in [0.25, 0.3) is 11.1 Å². The fourth-order valence-electron chi connectivity index (χ4n) is 2.84. The lowest BCUT2D eigenvalue weighted by atomic mass is 10.1. The summed E-state index contributed by atoms with van der Waals surface area (Å²) in [4.78, 5) is 15.4. The van der Waals surface area contributed by atoms with Crippen molar-refractivity contribution in [2.45, 2.75) is 6.42 Å². The smallest absolute Gasteiger partial charge is 0.307 e. The molecule has 1 N–H and O–H groups in total. The second kappa shape index (κ2) is 10.3. The van der Waals surface area contributed by atoms with Gasteiger partial charge in [0.15, 0.2) is 0 Å². The van der Waals surface area contributed by atoms with E-state index >= 15 is 0 Å². The minimum atomic E-state index is -0.927. The Morgan fingerprint density at radius 3 is 2.47 bits per heavy atom. The molecule has 0 amide bonds. The van der Waals surface area contributed by atoms with E-state index in [0.29, 0.717) is 41.9 Å². The molecule has 0 saturated carbocycles. The van der Waals surface area contributed by atoms with Gasteiger partial charge >= 0.3 is 5.97 Å². The van der Waals surface area contributed by atoms with Gasteiger partial charge in [0.2, 0.25) is 5.88 Å². The molecule has 0 radical (unpaired) electrons. The van der Waals surface area contributed by atoms with Gasteiger partial charge in [0.25, 0.3) is 0 Å². The third-order valence-corrected chi connectivity index (χ3v) is 4.20. The molecule has 0 bridgehead atoms. The highest BCUT2D eigenvalue weighted by Crippen LogP contribution is 2.30. The van der Waals surface area contributed by atoms with Crippen LogP contribution in [0.4, 0.5) is 0 Å². The first-order valence-corrected chi connectivity index (χ1v) is 9.33. The van der Waals surface area contributed by atoms with Gasteiger partial charge in [-0.15, -0.1) is 0 Å². The number of ether oxygens (including phenoxy) is 4. The number of hydrogen-bond donors (Lipinski definition) is 1. The summed E-state index contributed by atoms with van der Waals surface area (Å²) in [6.45, 7) is 0.781. The van der Waals surface area contributed by atoms with Crippen LogP contribution in [0.3, 0.4) is 0 Å². The van der Waals surface area contributed by atoms with Gasteiger partial charge in [-0.25, -0.2) is 4.98 Å². The van der Waals surface area contributed by atoms with E-state index in [1.807, 2.05) is 30.3 Å². The Hall–Kier alpha value is -3.58. The average molecular weight is 409 g/mol. The molecule has 1 heterocycles. The highest BCUT2D eigenvalue weighted by molar-refractivity contribution is 5.70. The van der Waals surface area contributed by atoms with Crippen molar-refractivity contribution in [3.8, 4) is 34.3 Å². The predicted molar refractivity (Wildman–Crippen MR) is 111 cm³/mol. The van der Waals surface area contributed by atoms with Crippen LogP contribution in [0.15, 0.2) is 60.8 Å². The predicted octanol–water partition coefficient (Wildman–Crippen LogP) is 4.20. The first-order valence-electron chi connectivity index (χ1n) is 9.33. The SMILES string of the molecule is COCCOc1cc(CC(=O)O)cc(Oc2cccc(-c3ccc(OC)nc3)c2)c1. The van der Waals surface area contributed by atoms with Gasteiger partial charge in [-0.1, -0.05) is 12.1 Å². The molecule has 0 atom stereocenters. The Morgan fingerprint density at radius 2 is 1.77 bits per heavy atom. The molecule has 0 aliphatic heterocycles. The second-order valence-electron chi connectivity index (χ2n) is 6.44. The summed E-state index contributed by atoms with van der Waals surface area (Å²) in [5, 5.41) is 9.14. The number of nitrogens with zero attached hydrogens (tertiary/aromatic N) is 1. The number of aromatic nitrogens is 1. The van der Waals surface area contributed by atoms with Crippen molar-refractivity contribution in [3.63, 3.8) is 0 Å². The van der Waals surface area contributed by atoms with Gasteiger partial charge in [-0.2, -0.15) is 0 Å². The molecule has 2 aromatic carbocycles. The quantitative estimate of drug-likeness (QED) is 0.502. The lowest BCUT2D eigenvalue weighted by molar-refractivity contribution is -0.136. The fourth-order valence-corrected chi connectivity index (χ4v) is 2.84. The molecule has 0 spiro atoms. The lowest BCUT2D eigenvalue weighted by Gasteiger charge is -2.12. The molecule has 7 nitrogen and oxygen atoms in total. The first kappa shape index (κ1) is 21.1. The third-order valence-electron chi connectivity index (χ3n) is 4.20. The number of methoxy groups -OCH3 is 2. The first-order chi connectivity index (χ1) is 14.6. The zero-order valence-electron chi connectivity index (χ0n) is 16.8. The van der Waals surface area contributed by atoms with Crippen molar-refractivity contribution >= 4 is 5.97 Å². The van der Waals surface area contributed by atoms with Crippen LogP contribution in [0, 0.1) is 0 Å². The molecule has 7 heteroatoms. The summed E-state index contributed by atoms with van der Waals surface area (Å²) in [6.07, 6.45) is 1.60. The Bertz CT molecular complexity index is 987.